The first-order chi connectivity index (χ1) is 12.2. The standard InChI is InChI=1S/C18H17FN4O2/c1-24-14-4-2-3-5-15(14)25-18-16(20)17(22-11-23-18)21-10-12-6-8-13(19)9-7-12/h2-9,11H,10,20H2,1H3,(H,21,22,23). The number of para-hydroxylation sites is 2. The van der Waals surface area contributed by atoms with Crippen LogP contribution in [0.2, 0.25) is 0 Å². The third kappa shape index (κ3) is 3.95. The zero-order valence-electron chi connectivity index (χ0n) is 13.6. The molecule has 0 aliphatic carbocycles. The molecular weight excluding hydrogens is 323 g/mol. The minimum absolute atomic E-state index is 0.223. The van der Waals surface area contributed by atoms with E-state index in [0.717, 1.165) is 5.56 Å². The molecule has 0 atom stereocenters. The molecule has 0 aliphatic rings. The molecule has 7 heteroatoms. The largest absolute Gasteiger partial charge is 0.493 e. The molecule has 0 spiro atoms. The van der Waals surface area contributed by atoms with Crippen molar-refractivity contribution in [1.29, 1.82) is 0 Å². The first-order valence-electron chi connectivity index (χ1n) is 7.57. The van der Waals surface area contributed by atoms with Crippen molar-refractivity contribution in [3.63, 3.8) is 0 Å². The Hall–Kier alpha value is -3.35. The van der Waals surface area contributed by atoms with Crippen LogP contribution in [0.5, 0.6) is 17.4 Å². The highest BCUT2D eigenvalue weighted by molar-refractivity contribution is 5.67. The number of nitrogens with two attached hydrogens (primary N) is 1. The molecule has 6 nitrogen and oxygen atoms in total. The number of nitrogens with zero attached hydrogens (tertiary/aromatic N) is 2. The zero-order chi connectivity index (χ0) is 17.6. The van der Waals surface area contributed by atoms with E-state index >= 15 is 0 Å². The molecule has 1 heterocycles. The Kier molecular flexibility index (Phi) is 4.94. The topological polar surface area (TPSA) is 82.3 Å². The van der Waals surface area contributed by atoms with E-state index < -0.39 is 0 Å². The predicted octanol–water partition coefficient (Wildman–Crippen LogP) is 3.61. The molecule has 2 aromatic carbocycles. The van der Waals surface area contributed by atoms with Gasteiger partial charge in [-0.25, -0.2) is 9.37 Å². The average Bonchev–Trinajstić information content (AvgIpc) is 2.64. The lowest BCUT2D eigenvalue weighted by Crippen LogP contribution is -2.07. The summed E-state index contributed by atoms with van der Waals surface area (Å²) in [4.78, 5) is 8.20. The van der Waals surface area contributed by atoms with Crippen LogP contribution >= 0.6 is 0 Å². The van der Waals surface area contributed by atoms with Crippen LogP contribution in [0, 0.1) is 5.82 Å². The second kappa shape index (κ2) is 7.48. The third-order valence-electron chi connectivity index (χ3n) is 3.50. The van der Waals surface area contributed by atoms with E-state index in [0.29, 0.717) is 23.9 Å². The minimum atomic E-state index is -0.280. The molecule has 128 valence electrons. The summed E-state index contributed by atoms with van der Waals surface area (Å²) in [7, 11) is 1.56. The Morgan fingerprint density at radius 1 is 1.04 bits per heavy atom. The summed E-state index contributed by atoms with van der Waals surface area (Å²) in [5.74, 6) is 1.45. The average molecular weight is 340 g/mol. The maximum absolute atomic E-state index is 12.9. The third-order valence-corrected chi connectivity index (χ3v) is 3.50. The molecule has 3 N–H and O–H groups in total. The molecule has 3 rings (SSSR count). The second-order valence-electron chi connectivity index (χ2n) is 5.17. The van der Waals surface area contributed by atoms with E-state index in [4.69, 9.17) is 15.2 Å². The lowest BCUT2D eigenvalue weighted by atomic mass is 10.2. The lowest BCUT2D eigenvalue weighted by Gasteiger charge is -2.13. The molecule has 0 saturated carbocycles. The van der Waals surface area contributed by atoms with Gasteiger partial charge in [0.2, 0.25) is 5.88 Å². The molecule has 0 saturated heterocycles. The fourth-order valence-corrected chi connectivity index (χ4v) is 2.20. The molecule has 0 amide bonds. The second-order valence-corrected chi connectivity index (χ2v) is 5.17. The van der Waals surface area contributed by atoms with Gasteiger partial charge < -0.3 is 20.5 Å². The number of ether oxygens (including phenoxy) is 2. The Balaban J connectivity index is 1.76. The van der Waals surface area contributed by atoms with Crippen LogP contribution in [0.15, 0.2) is 54.9 Å². The highest BCUT2D eigenvalue weighted by atomic mass is 19.1. The number of benzene rings is 2. The summed E-state index contributed by atoms with van der Waals surface area (Å²) in [6.45, 7) is 0.440. The first-order valence-corrected chi connectivity index (χ1v) is 7.57. The van der Waals surface area contributed by atoms with Gasteiger partial charge in [0, 0.05) is 6.54 Å². The number of aromatic nitrogens is 2. The monoisotopic (exact) mass is 340 g/mol. The van der Waals surface area contributed by atoms with Crippen LogP contribution < -0.4 is 20.5 Å². The van der Waals surface area contributed by atoms with E-state index in [9.17, 15) is 4.39 Å². The zero-order valence-corrected chi connectivity index (χ0v) is 13.6. The normalized spacial score (nSPS) is 10.3. The number of hydrogen-bond donors (Lipinski definition) is 2. The molecule has 0 unspecified atom stereocenters. The Labute approximate surface area is 144 Å². The Bertz CT molecular complexity index is 856. The minimum Gasteiger partial charge on any atom is -0.493 e. The molecule has 0 fully saturated rings. The number of rotatable bonds is 6. The van der Waals surface area contributed by atoms with Crippen molar-refractivity contribution >= 4 is 11.5 Å². The van der Waals surface area contributed by atoms with Gasteiger partial charge in [0.05, 0.1) is 7.11 Å². The fraction of sp³-hybridized carbons (Fsp3) is 0.111. The van der Waals surface area contributed by atoms with Crippen LogP contribution in [0.4, 0.5) is 15.9 Å². The highest BCUT2D eigenvalue weighted by Crippen LogP contribution is 2.34. The van der Waals surface area contributed by atoms with Gasteiger partial charge in [-0.2, -0.15) is 4.98 Å². The van der Waals surface area contributed by atoms with E-state index in [2.05, 4.69) is 15.3 Å². The van der Waals surface area contributed by atoms with Gasteiger partial charge in [0.1, 0.15) is 17.8 Å². The van der Waals surface area contributed by atoms with Crippen molar-refractivity contribution in [2.45, 2.75) is 6.54 Å². The van der Waals surface area contributed by atoms with E-state index in [-0.39, 0.29) is 17.4 Å². The van der Waals surface area contributed by atoms with Crippen LogP contribution in [0.25, 0.3) is 0 Å². The van der Waals surface area contributed by atoms with Gasteiger partial charge in [0.15, 0.2) is 17.3 Å². The quantitative estimate of drug-likeness (QED) is 0.713. The molecule has 25 heavy (non-hydrogen) atoms. The van der Waals surface area contributed by atoms with Gasteiger partial charge in [-0.1, -0.05) is 24.3 Å². The molecule has 0 bridgehead atoms. The highest BCUT2D eigenvalue weighted by Gasteiger charge is 2.12. The SMILES string of the molecule is COc1ccccc1Oc1ncnc(NCc2ccc(F)cc2)c1N. The van der Waals surface area contributed by atoms with Gasteiger partial charge in [-0.3, -0.25) is 0 Å². The number of methoxy groups -OCH3 is 1. The van der Waals surface area contributed by atoms with Gasteiger partial charge in [-0.15, -0.1) is 0 Å². The number of nitrogens with one attached hydrogen (secondary N) is 1. The fourth-order valence-electron chi connectivity index (χ4n) is 2.20. The molecule has 0 radical (unpaired) electrons. The van der Waals surface area contributed by atoms with E-state index in [1.54, 1.807) is 31.4 Å². The van der Waals surface area contributed by atoms with Crippen molar-refractivity contribution in [3.8, 4) is 17.4 Å². The molecular formula is C18H17FN4O2. The summed E-state index contributed by atoms with van der Waals surface area (Å²) in [6.07, 6.45) is 1.36. The number of halogens is 1. The molecule has 0 aliphatic heterocycles. The maximum Gasteiger partial charge on any atom is 0.248 e. The summed E-state index contributed by atoms with van der Waals surface area (Å²) in [6, 6.07) is 13.4. The van der Waals surface area contributed by atoms with Gasteiger partial charge >= 0.3 is 0 Å². The lowest BCUT2D eigenvalue weighted by molar-refractivity contribution is 0.374. The maximum atomic E-state index is 12.9. The van der Waals surface area contributed by atoms with Crippen molar-refractivity contribution < 1.29 is 13.9 Å². The van der Waals surface area contributed by atoms with Crippen molar-refractivity contribution in [1.82, 2.24) is 9.97 Å². The smallest absolute Gasteiger partial charge is 0.248 e. The van der Waals surface area contributed by atoms with Crippen LogP contribution in [-0.2, 0) is 6.54 Å². The van der Waals surface area contributed by atoms with E-state index in [1.807, 2.05) is 12.1 Å². The summed E-state index contributed by atoms with van der Waals surface area (Å²) >= 11 is 0. The van der Waals surface area contributed by atoms with Crippen LogP contribution in [0.3, 0.4) is 0 Å². The number of anilines is 2. The van der Waals surface area contributed by atoms with Crippen LogP contribution in [-0.4, -0.2) is 17.1 Å². The van der Waals surface area contributed by atoms with Crippen molar-refractivity contribution in [2.75, 3.05) is 18.2 Å². The summed E-state index contributed by atoms with van der Waals surface area (Å²) in [5.41, 5.74) is 7.27. The predicted molar refractivity (Wildman–Crippen MR) is 93.2 cm³/mol. The summed E-state index contributed by atoms with van der Waals surface area (Å²) in [5, 5.41) is 3.09. The Morgan fingerprint density at radius 2 is 1.76 bits per heavy atom. The van der Waals surface area contributed by atoms with Gasteiger partial charge in [-0.05, 0) is 29.8 Å². The summed E-state index contributed by atoms with van der Waals surface area (Å²) < 4.78 is 23.9. The van der Waals surface area contributed by atoms with Crippen molar-refractivity contribution in [2.24, 2.45) is 0 Å². The Morgan fingerprint density at radius 3 is 2.48 bits per heavy atom. The number of hydrogen-bond acceptors (Lipinski definition) is 6. The van der Waals surface area contributed by atoms with Crippen molar-refractivity contribution in [3.05, 3.63) is 66.2 Å². The molecule has 3 aromatic rings. The number of nitrogen functional groups attached to an aromatic ring is 1. The first kappa shape index (κ1) is 16.5. The molecule has 1 aromatic heterocycles. The van der Waals surface area contributed by atoms with Crippen LogP contribution in [0.1, 0.15) is 5.56 Å². The van der Waals surface area contributed by atoms with E-state index in [1.165, 1.54) is 18.5 Å². The van der Waals surface area contributed by atoms with Gasteiger partial charge in [0.25, 0.3) is 0 Å².